The van der Waals surface area contributed by atoms with Crippen LogP contribution in [0.1, 0.15) is 17.5 Å². The van der Waals surface area contributed by atoms with Crippen molar-refractivity contribution in [2.45, 2.75) is 26.4 Å². The number of amides is 1. The fourth-order valence-electron chi connectivity index (χ4n) is 2.24. The van der Waals surface area contributed by atoms with Crippen molar-refractivity contribution in [3.05, 3.63) is 33.4 Å². The number of nitrogens with zero attached hydrogens (tertiary/aromatic N) is 2. The molecule has 2 rings (SSSR count). The molecule has 6 nitrogen and oxygen atoms in total. The molecule has 1 aliphatic rings. The number of rotatable bonds is 2. The van der Waals surface area contributed by atoms with Gasteiger partial charge >= 0.3 is 0 Å². The fraction of sp³-hybridized carbons (Fsp3) is 0.417. The molecular formula is C12H14N2O4. The summed E-state index contributed by atoms with van der Waals surface area (Å²) in [5.74, 6) is -0.205. The number of hydrogen-bond acceptors (Lipinski definition) is 4. The number of aliphatic hydroxyl groups is 1. The molecule has 0 bridgehead atoms. The van der Waals surface area contributed by atoms with Crippen LogP contribution in [-0.4, -0.2) is 28.6 Å². The van der Waals surface area contributed by atoms with E-state index in [1.165, 1.54) is 11.0 Å². The topological polar surface area (TPSA) is 83.7 Å². The molecule has 1 aliphatic heterocycles. The first kappa shape index (κ1) is 12.5. The predicted molar refractivity (Wildman–Crippen MR) is 65.5 cm³/mol. The van der Waals surface area contributed by atoms with Gasteiger partial charge < -0.3 is 10.0 Å². The Hall–Kier alpha value is -1.95. The van der Waals surface area contributed by atoms with Crippen LogP contribution in [0.2, 0.25) is 0 Å². The lowest BCUT2D eigenvalue weighted by molar-refractivity contribution is -0.385. The van der Waals surface area contributed by atoms with E-state index in [4.69, 9.17) is 0 Å². The Kier molecular flexibility index (Phi) is 3.04. The highest BCUT2D eigenvalue weighted by Gasteiger charge is 2.31. The molecule has 1 aromatic rings. The monoisotopic (exact) mass is 250 g/mol. The van der Waals surface area contributed by atoms with E-state index in [2.05, 4.69) is 0 Å². The van der Waals surface area contributed by atoms with Crippen molar-refractivity contribution in [3.63, 3.8) is 0 Å². The van der Waals surface area contributed by atoms with Crippen molar-refractivity contribution in [2.75, 3.05) is 11.4 Å². The van der Waals surface area contributed by atoms with Crippen LogP contribution in [-0.2, 0) is 4.79 Å². The Bertz CT molecular complexity index is 527. The molecule has 1 unspecified atom stereocenters. The van der Waals surface area contributed by atoms with E-state index in [1.54, 1.807) is 19.9 Å². The molecule has 0 saturated carbocycles. The van der Waals surface area contributed by atoms with Crippen LogP contribution in [0.3, 0.4) is 0 Å². The fourth-order valence-corrected chi connectivity index (χ4v) is 2.24. The van der Waals surface area contributed by atoms with Crippen LogP contribution >= 0.6 is 0 Å². The normalized spacial score (nSPS) is 19.4. The lowest BCUT2D eigenvalue weighted by Gasteiger charge is -2.18. The third-order valence-corrected chi connectivity index (χ3v) is 3.11. The van der Waals surface area contributed by atoms with Gasteiger partial charge in [0.05, 0.1) is 29.7 Å². The summed E-state index contributed by atoms with van der Waals surface area (Å²) in [6.45, 7) is 3.65. The molecule has 1 amide bonds. The van der Waals surface area contributed by atoms with Crippen LogP contribution < -0.4 is 4.90 Å². The lowest BCUT2D eigenvalue weighted by atomic mass is 10.1. The van der Waals surface area contributed by atoms with Gasteiger partial charge in [0.15, 0.2) is 0 Å². The third kappa shape index (κ3) is 2.06. The van der Waals surface area contributed by atoms with Gasteiger partial charge in [0.25, 0.3) is 5.69 Å². The van der Waals surface area contributed by atoms with Crippen LogP contribution in [0.25, 0.3) is 0 Å². The minimum Gasteiger partial charge on any atom is -0.391 e. The minimum absolute atomic E-state index is 0.00945. The molecule has 6 heteroatoms. The SMILES string of the molecule is Cc1cc(C)c([N+](=O)[O-])cc1N1CC(O)CC1=O. The molecule has 0 aromatic heterocycles. The molecule has 1 heterocycles. The number of anilines is 1. The van der Waals surface area contributed by atoms with Crippen molar-refractivity contribution >= 4 is 17.3 Å². The second-order valence-corrected chi connectivity index (χ2v) is 4.54. The largest absolute Gasteiger partial charge is 0.391 e. The second-order valence-electron chi connectivity index (χ2n) is 4.54. The van der Waals surface area contributed by atoms with Gasteiger partial charge in [0.1, 0.15) is 0 Å². The maximum atomic E-state index is 11.7. The van der Waals surface area contributed by atoms with E-state index >= 15 is 0 Å². The molecule has 18 heavy (non-hydrogen) atoms. The lowest BCUT2D eigenvalue weighted by Crippen LogP contribution is -2.26. The molecule has 1 N–H and O–H groups in total. The molecule has 0 aliphatic carbocycles. The average Bonchev–Trinajstić information content (AvgIpc) is 2.57. The van der Waals surface area contributed by atoms with Crippen molar-refractivity contribution in [1.29, 1.82) is 0 Å². The van der Waals surface area contributed by atoms with Crippen LogP contribution in [0.5, 0.6) is 0 Å². The maximum Gasteiger partial charge on any atom is 0.274 e. The zero-order valence-electron chi connectivity index (χ0n) is 10.2. The number of nitro groups is 1. The Balaban J connectivity index is 2.48. The van der Waals surface area contributed by atoms with Gasteiger partial charge in [0.2, 0.25) is 5.91 Å². The highest BCUT2D eigenvalue weighted by molar-refractivity contribution is 5.97. The van der Waals surface area contributed by atoms with Gasteiger partial charge in [-0.1, -0.05) is 0 Å². The summed E-state index contributed by atoms with van der Waals surface area (Å²) in [5.41, 5.74) is 1.85. The molecule has 96 valence electrons. The Morgan fingerprint density at radius 2 is 2.06 bits per heavy atom. The summed E-state index contributed by atoms with van der Waals surface area (Å²) < 4.78 is 0. The third-order valence-electron chi connectivity index (χ3n) is 3.11. The average molecular weight is 250 g/mol. The van der Waals surface area contributed by atoms with E-state index in [1.807, 2.05) is 0 Å². The summed E-state index contributed by atoms with van der Waals surface area (Å²) in [5, 5.41) is 20.4. The first-order valence-electron chi connectivity index (χ1n) is 5.64. The molecule has 1 saturated heterocycles. The van der Waals surface area contributed by atoms with Crippen molar-refractivity contribution < 1.29 is 14.8 Å². The molecular weight excluding hydrogens is 236 g/mol. The first-order valence-corrected chi connectivity index (χ1v) is 5.64. The number of benzene rings is 1. The number of aryl methyl sites for hydroxylation is 2. The Labute approximate surface area is 104 Å². The van der Waals surface area contributed by atoms with Crippen LogP contribution in [0.15, 0.2) is 12.1 Å². The maximum absolute atomic E-state index is 11.7. The van der Waals surface area contributed by atoms with E-state index in [0.717, 1.165) is 5.56 Å². The van der Waals surface area contributed by atoms with Crippen LogP contribution in [0.4, 0.5) is 11.4 Å². The number of β-amino-alcohol motifs (C(OH)–C–C–N with tert-alkyl or cyclic N) is 1. The molecule has 1 atom stereocenters. The van der Waals surface area contributed by atoms with Gasteiger partial charge in [-0.2, -0.15) is 0 Å². The summed E-state index contributed by atoms with van der Waals surface area (Å²) in [6.07, 6.45) is -0.626. The number of carbonyl (C=O) groups is 1. The Morgan fingerprint density at radius 3 is 2.56 bits per heavy atom. The number of hydrogen-bond donors (Lipinski definition) is 1. The van der Waals surface area contributed by atoms with Crippen molar-refractivity contribution in [2.24, 2.45) is 0 Å². The van der Waals surface area contributed by atoms with Crippen molar-refractivity contribution in [3.8, 4) is 0 Å². The summed E-state index contributed by atoms with van der Waals surface area (Å²) in [7, 11) is 0. The van der Waals surface area contributed by atoms with E-state index in [0.29, 0.717) is 11.3 Å². The zero-order valence-corrected chi connectivity index (χ0v) is 10.2. The highest BCUT2D eigenvalue weighted by atomic mass is 16.6. The smallest absolute Gasteiger partial charge is 0.274 e. The van der Waals surface area contributed by atoms with Gasteiger partial charge in [-0.3, -0.25) is 14.9 Å². The zero-order chi connectivity index (χ0) is 13.4. The predicted octanol–water partition coefficient (Wildman–Crippen LogP) is 1.31. The van der Waals surface area contributed by atoms with Gasteiger partial charge in [-0.25, -0.2) is 0 Å². The number of carbonyl (C=O) groups excluding carboxylic acids is 1. The standard InChI is InChI=1S/C12H14N2O4/c1-7-3-8(2)11(14(17)18)5-10(7)13-6-9(15)4-12(13)16/h3,5,9,15H,4,6H2,1-2H3. The van der Waals surface area contributed by atoms with Crippen LogP contribution in [0, 0.1) is 24.0 Å². The molecule has 1 fully saturated rings. The molecule has 0 spiro atoms. The summed E-state index contributed by atoms with van der Waals surface area (Å²) >= 11 is 0. The Morgan fingerprint density at radius 1 is 1.39 bits per heavy atom. The molecule has 1 aromatic carbocycles. The summed E-state index contributed by atoms with van der Waals surface area (Å²) in [6, 6.07) is 3.09. The van der Waals surface area contributed by atoms with Gasteiger partial charge in [0, 0.05) is 11.6 Å². The quantitative estimate of drug-likeness (QED) is 0.633. The second kappa shape index (κ2) is 4.38. The van der Waals surface area contributed by atoms with E-state index in [9.17, 15) is 20.0 Å². The number of aliphatic hydroxyl groups excluding tert-OH is 1. The minimum atomic E-state index is -0.697. The van der Waals surface area contributed by atoms with E-state index < -0.39 is 11.0 Å². The molecule has 0 radical (unpaired) electrons. The number of nitro benzene ring substituents is 1. The van der Waals surface area contributed by atoms with Gasteiger partial charge in [-0.05, 0) is 25.5 Å². The first-order chi connectivity index (χ1) is 8.40. The van der Waals surface area contributed by atoms with E-state index in [-0.39, 0.29) is 24.6 Å². The summed E-state index contributed by atoms with van der Waals surface area (Å²) in [4.78, 5) is 23.5. The van der Waals surface area contributed by atoms with Gasteiger partial charge in [-0.15, -0.1) is 0 Å². The van der Waals surface area contributed by atoms with Crippen molar-refractivity contribution in [1.82, 2.24) is 0 Å². The highest BCUT2D eigenvalue weighted by Crippen LogP contribution is 2.31.